The predicted molar refractivity (Wildman–Crippen MR) is 220 cm³/mol. The van der Waals surface area contributed by atoms with E-state index in [9.17, 15) is 38.4 Å². The Morgan fingerprint density at radius 1 is 0.860 bits per heavy atom. The number of hydrogen-bond donors (Lipinski definition) is 4. The van der Waals surface area contributed by atoms with Gasteiger partial charge in [0.2, 0.25) is 17.7 Å². The van der Waals surface area contributed by atoms with E-state index in [0.717, 1.165) is 19.3 Å². The number of Topliss-reactive ketones (excluding diaryl/α,β-unsaturated/α-hetero) is 4. The Hall–Kier alpha value is -3.79. The third-order valence-electron chi connectivity index (χ3n) is 10.3. The molecule has 2 aliphatic rings. The zero-order valence-corrected chi connectivity index (χ0v) is 35.2. The molecule has 14 nitrogen and oxygen atoms in total. The second-order valence-electron chi connectivity index (χ2n) is 15.6. The Kier molecular flexibility index (Phi) is 20.8. The number of carboxylic acids is 1. The highest BCUT2D eigenvalue weighted by Crippen LogP contribution is 2.37. The van der Waals surface area contributed by atoms with Crippen LogP contribution in [0.4, 0.5) is 0 Å². The van der Waals surface area contributed by atoms with Crippen molar-refractivity contribution in [1.29, 1.82) is 0 Å². The summed E-state index contributed by atoms with van der Waals surface area (Å²) in [4.78, 5) is 108. The molecule has 1 fully saturated rings. The summed E-state index contributed by atoms with van der Waals surface area (Å²) in [5.41, 5.74) is 4.80. The van der Waals surface area contributed by atoms with Crippen molar-refractivity contribution in [3.63, 3.8) is 0 Å². The molecule has 0 unspecified atom stereocenters. The van der Waals surface area contributed by atoms with Crippen molar-refractivity contribution in [2.75, 3.05) is 5.75 Å². The number of aliphatic carboxylic acids is 1. The van der Waals surface area contributed by atoms with Gasteiger partial charge in [-0.15, -0.1) is 23.1 Å². The van der Waals surface area contributed by atoms with Crippen LogP contribution < -0.4 is 16.4 Å². The fraction of sp³-hybridized carbons (Fsp3) is 0.707. The molecule has 316 valence electrons. The van der Waals surface area contributed by atoms with Gasteiger partial charge in [0.25, 0.3) is 0 Å². The molecule has 2 heterocycles. The Labute approximate surface area is 344 Å². The van der Waals surface area contributed by atoms with E-state index < -0.39 is 47.6 Å². The molecule has 0 bridgehead atoms. The summed E-state index contributed by atoms with van der Waals surface area (Å²) in [6, 6.07) is -1.83. The monoisotopic (exact) mass is 831 g/mol. The van der Waals surface area contributed by atoms with Gasteiger partial charge in [-0.25, -0.2) is 9.78 Å². The molecule has 3 rings (SSSR count). The molecule has 3 amide bonds. The minimum Gasteiger partial charge on any atom is -0.480 e. The van der Waals surface area contributed by atoms with Crippen molar-refractivity contribution in [2.24, 2.45) is 16.6 Å². The number of aryl methyl sites for hydroxylation is 1. The smallest absolute Gasteiger partial charge is 0.329 e. The number of rotatable bonds is 32. The van der Waals surface area contributed by atoms with Gasteiger partial charge in [0.15, 0.2) is 17.6 Å². The first kappa shape index (κ1) is 47.6. The number of ketones is 4. The summed E-state index contributed by atoms with van der Waals surface area (Å²) in [5.74, 6) is -3.89. The summed E-state index contributed by atoms with van der Waals surface area (Å²) in [5, 5.41) is 17.5. The molecule has 57 heavy (non-hydrogen) atoms. The number of carbonyl (C=O) groups is 8. The zero-order chi connectivity index (χ0) is 41.8. The van der Waals surface area contributed by atoms with Gasteiger partial charge < -0.3 is 21.5 Å². The van der Waals surface area contributed by atoms with Crippen LogP contribution in [0.25, 0.3) is 0 Å². The van der Waals surface area contributed by atoms with Crippen molar-refractivity contribution < 1.29 is 43.5 Å². The van der Waals surface area contributed by atoms with Crippen LogP contribution in [0, 0.1) is 5.92 Å². The number of nitrogens with two attached hydrogens (primary N) is 1. The SMILES string of the molecule is CCCCCCCCCCCCCC(=O)N[C@H](CC(N)=O)C(=O)C[C@@H](C)CCC(=O)CC(=O)NC1(C(=O)CC(=O)CCc2nc(C3=N[C@H](C(=O)O)CS3)cs2)CC1. The molecule has 3 atom stereocenters. The molecular weight excluding hydrogens is 771 g/mol. The maximum Gasteiger partial charge on any atom is 0.329 e. The Morgan fingerprint density at radius 3 is 2.09 bits per heavy atom. The fourth-order valence-corrected chi connectivity index (χ4v) is 8.53. The number of unbranched alkanes of at least 4 members (excludes halogenated alkanes) is 10. The lowest BCUT2D eigenvalue weighted by Crippen LogP contribution is -2.44. The highest BCUT2D eigenvalue weighted by Gasteiger charge is 2.50. The van der Waals surface area contributed by atoms with Crippen LogP contribution >= 0.6 is 23.1 Å². The fourth-order valence-electron chi connectivity index (χ4n) is 6.68. The summed E-state index contributed by atoms with van der Waals surface area (Å²) >= 11 is 2.65. The van der Waals surface area contributed by atoms with Crippen LogP contribution in [-0.4, -0.2) is 85.3 Å². The van der Waals surface area contributed by atoms with Gasteiger partial charge in [0, 0.05) is 43.2 Å². The van der Waals surface area contributed by atoms with Crippen LogP contribution in [0.5, 0.6) is 0 Å². The van der Waals surface area contributed by atoms with E-state index in [4.69, 9.17) is 10.8 Å². The summed E-state index contributed by atoms with van der Waals surface area (Å²) in [6.07, 6.45) is 13.4. The third kappa shape index (κ3) is 18.1. The second-order valence-corrected chi connectivity index (χ2v) is 17.6. The Balaban J connectivity index is 1.31. The van der Waals surface area contributed by atoms with Crippen molar-refractivity contribution >= 4 is 75.0 Å². The van der Waals surface area contributed by atoms with Gasteiger partial charge in [0.05, 0.1) is 35.9 Å². The molecule has 0 aromatic carbocycles. The molecular formula is C41H61N5O9S2. The summed E-state index contributed by atoms with van der Waals surface area (Å²) < 4.78 is 0. The second kappa shape index (κ2) is 24.9. The number of nitrogens with one attached hydrogen (secondary N) is 2. The summed E-state index contributed by atoms with van der Waals surface area (Å²) in [7, 11) is 0. The Morgan fingerprint density at radius 2 is 1.49 bits per heavy atom. The van der Waals surface area contributed by atoms with Crippen molar-refractivity contribution in [3.8, 4) is 0 Å². The molecule has 1 saturated carbocycles. The average Bonchev–Trinajstić information content (AvgIpc) is 3.51. The van der Waals surface area contributed by atoms with Crippen LogP contribution in [-0.2, 0) is 44.8 Å². The first-order valence-electron chi connectivity index (χ1n) is 20.6. The number of aliphatic imine (C=N–C) groups is 1. The maximum absolute atomic E-state index is 13.1. The van der Waals surface area contributed by atoms with Crippen LogP contribution in [0.3, 0.4) is 0 Å². The van der Waals surface area contributed by atoms with E-state index in [-0.39, 0.29) is 67.7 Å². The molecule has 1 aliphatic heterocycles. The lowest BCUT2D eigenvalue weighted by molar-refractivity contribution is -0.138. The van der Waals surface area contributed by atoms with E-state index in [1.54, 1.807) is 12.3 Å². The third-order valence-corrected chi connectivity index (χ3v) is 12.3. The molecule has 5 N–H and O–H groups in total. The van der Waals surface area contributed by atoms with Crippen molar-refractivity contribution in [3.05, 3.63) is 16.1 Å². The minimum absolute atomic E-state index is 0.0209. The standard InChI is InChI=1S/C41H61N5O9S2/c1-3-4-5-6-7-8-9-10-11-12-13-14-36(52)43-30(24-35(42)51)33(49)21-27(2)15-16-29(48)23-37(53)46-41(19-20-41)34(50)22-28(47)17-18-38-44-31(25-56-38)39-45-32(26-57-39)40(54)55/h25,27,30,32H,3-24,26H2,1-2H3,(H2,42,51)(H,43,52)(H,46,53)(H,54,55)/t27-,30+,32-/m0/s1. The molecule has 0 saturated heterocycles. The van der Waals surface area contributed by atoms with E-state index in [1.165, 1.54) is 68.0 Å². The molecule has 16 heteroatoms. The lowest BCUT2D eigenvalue weighted by atomic mass is 9.93. The molecule has 1 aromatic heterocycles. The van der Waals surface area contributed by atoms with E-state index in [2.05, 4.69) is 27.5 Å². The number of thioether (sulfide) groups is 1. The van der Waals surface area contributed by atoms with Gasteiger partial charge in [-0.2, -0.15) is 0 Å². The number of amides is 3. The molecule has 1 aromatic rings. The van der Waals surface area contributed by atoms with Crippen LogP contribution in [0.1, 0.15) is 159 Å². The lowest BCUT2D eigenvalue weighted by Gasteiger charge is -2.19. The highest BCUT2D eigenvalue weighted by atomic mass is 32.2. The van der Waals surface area contributed by atoms with Crippen LogP contribution in [0.2, 0.25) is 0 Å². The number of carboxylic acid groups (broad SMARTS) is 1. The van der Waals surface area contributed by atoms with Crippen LogP contribution in [0.15, 0.2) is 10.4 Å². The molecule has 0 radical (unpaired) electrons. The van der Waals surface area contributed by atoms with Crippen molar-refractivity contribution in [1.82, 2.24) is 15.6 Å². The quantitative estimate of drug-likeness (QED) is 0.0516. The first-order chi connectivity index (χ1) is 27.2. The van der Waals surface area contributed by atoms with E-state index in [1.807, 2.05) is 0 Å². The first-order valence-corrected chi connectivity index (χ1v) is 22.4. The average molecular weight is 832 g/mol. The summed E-state index contributed by atoms with van der Waals surface area (Å²) in [6.45, 7) is 3.99. The normalized spacial score (nSPS) is 16.6. The van der Waals surface area contributed by atoms with E-state index >= 15 is 0 Å². The number of primary amides is 1. The number of carbonyl (C=O) groups excluding carboxylic acids is 7. The molecule has 1 aliphatic carbocycles. The van der Waals surface area contributed by atoms with Gasteiger partial charge in [-0.1, -0.05) is 78.1 Å². The molecule has 0 spiro atoms. The predicted octanol–water partition coefficient (Wildman–Crippen LogP) is 5.60. The largest absolute Gasteiger partial charge is 0.480 e. The van der Waals surface area contributed by atoms with Gasteiger partial charge in [-0.3, -0.25) is 38.6 Å². The van der Waals surface area contributed by atoms with Gasteiger partial charge in [-0.05, 0) is 31.6 Å². The van der Waals surface area contributed by atoms with Gasteiger partial charge in [0.1, 0.15) is 22.3 Å². The maximum atomic E-state index is 13.1. The Bertz CT molecular complexity index is 1610. The number of nitrogens with zero attached hydrogens (tertiary/aromatic N) is 2. The number of hydrogen-bond acceptors (Lipinski definition) is 12. The van der Waals surface area contributed by atoms with Crippen molar-refractivity contribution in [2.45, 2.75) is 173 Å². The number of thiazole rings is 1. The van der Waals surface area contributed by atoms with Gasteiger partial charge >= 0.3 is 5.97 Å². The highest BCUT2D eigenvalue weighted by molar-refractivity contribution is 8.14. The number of aromatic nitrogens is 1. The topological polar surface area (TPSA) is 232 Å². The van der Waals surface area contributed by atoms with E-state index in [0.29, 0.717) is 53.6 Å². The zero-order valence-electron chi connectivity index (χ0n) is 33.6. The minimum atomic E-state index is -1.15.